The van der Waals surface area contributed by atoms with E-state index in [1.165, 1.54) is 0 Å². The van der Waals surface area contributed by atoms with Gasteiger partial charge in [0.25, 0.3) is 0 Å². The van der Waals surface area contributed by atoms with E-state index in [4.69, 9.17) is 10.5 Å². The Kier molecular flexibility index (Phi) is 5.01. The Labute approximate surface area is 161 Å². The van der Waals surface area contributed by atoms with Crippen molar-refractivity contribution in [2.24, 2.45) is 11.1 Å². The first-order valence-corrected chi connectivity index (χ1v) is 9.50. The topological polar surface area (TPSA) is 79.3 Å². The molecule has 0 unspecified atom stereocenters. The molecule has 1 atom stereocenters. The minimum atomic E-state index is -0.451. The predicted molar refractivity (Wildman–Crippen MR) is 106 cm³/mol. The molecular weight excluding hydrogens is 338 g/mol. The summed E-state index contributed by atoms with van der Waals surface area (Å²) >= 11 is 0. The highest BCUT2D eigenvalue weighted by molar-refractivity contribution is 6.00. The van der Waals surface area contributed by atoms with Crippen LogP contribution in [0.1, 0.15) is 52.0 Å². The summed E-state index contributed by atoms with van der Waals surface area (Å²) in [6.07, 6.45) is 1.09. The fraction of sp³-hybridized carbons (Fsp3) is 0.455. The lowest BCUT2D eigenvalue weighted by molar-refractivity contribution is -0.119. The number of carbonyl (C=O) groups excluding carboxylic acids is 1. The minimum absolute atomic E-state index is 0.0410. The van der Waals surface area contributed by atoms with Crippen LogP contribution in [0, 0.1) is 16.7 Å². The molecule has 3 rings (SSSR count). The van der Waals surface area contributed by atoms with E-state index in [0.29, 0.717) is 29.7 Å². The summed E-state index contributed by atoms with van der Waals surface area (Å²) in [7, 11) is 0. The van der Waals surface area contributed by atoms with Crippen molar-refractivity contribution in [3.05, 3.63) is 52.6 Å². The van der Waals surface area contributed by atoms with E-state index >= 15 is 0 Å². The van der Waals surface area contributed by atoms with Gasteiger partial charge in [0.1, 0.15) is 17.4 Å². The van der Waals surface area contributed by atoms with Gasteiger partial charge in [0.2, 0.25) is 5.88 Å². The maximum Gasteiger partial charge on any atom is 0.205 e. The molecule has 0 aromatic heterocycles. The number of carbonyl (C=O) groups is 1. The zero-order chi connectivity index (χ0) is 19.8. The van der Waals surface area contributed by atoms with Gasteiger partial charge in [-0.15, -0.1) is 0 Å². The molecule has 0 saturated heterocycles. The molecule has 0 amide bonds. The normalized spacial score (nSPS) is 21.4. The predicted octanol–water partition coefficient (Wildman–Crippen LogP) is 3.98. The molecule has 2 N–H and O–H groups in total. The quantitative estimate of drug-likeness (QED) is 0.873. The molecule has 0 bridgehead atoms. The molecule has 1 aromatic rings. The number of nitriles is 1. The molecule has 5 heteroatoms. The van der Waals surface area contributed by atoms with E-state index in [1.807, 2.05) is 38.1 Å². The molecule has 0 radical (unpaired) electrons. The zero-order valence-electron chi connectivity index (χ0n) is 16.5. The molecule has 0 spiro atoms. The second kappa shape index (κ2) is 7.11. The summed E-state index contributed by atoms with van der Waals surface area (Å²) in [5.74, 6) is 0.317. The van der Waals surface area contributed by atoms with E-state index in [1.54, 1.807) is 0 Å². The highest BCUT2D eigenvalue weighted by Crippen LogP contribution is 2.47. The van der Waals surface area contributed by atoms with Crippen molar-refractivity contribution in [1.82, 2.24) is 0 Å². The van der Waals surface area contributed by atoms with E-state index in [-0.39, 0.29) is 17.1 Å². The van der Waals surface area contributed by atoms with Crippen LogP contribution >= 0.6 is 0 Å². The Bertz CT molecular complexity index is 853. The van der Waals surface area contributed by atoms with Crippen LogP contribution < -0.4 is 10.6 Å². The number of nitrogens with two attached hydrogens (primary N) is 1. The lowest BCUT2D eigenvalue weighted by atomic mass is 9.70. The van der Waals surface area contributed by atoms with Crippen LogP contribution in [0.3, 0.4) is 0 Å². The number of hydrogen-bond donors (Lipinski definition) is 1. The molecule has 1 aliphatic carbocycles. The second-order valence-electron chi connectivity index (χ2n) is 7.97. The molecule has 0 saturated carbocycles. The van der Waals surface area contributed by atoms with Crippen LogP contribution in [0.25, 0.3) is 0 Å². The fourth-order valence-corrected chi connectivity index (χ4v) is 4.08. The Morgan fingerprint density at radius 2 is 1.85 bits per heavy atom. The lowest BCUT2D eigenvalue weighted by Crippen LogP contribution is -2.33. The van der Waals surface area contributed by atoms with Crippen molar-refractivity contribution in [2.75, 3.05) is 18.0 Å². The van der Waals surface area contributed by atoms with Crippen LogP contribution in [0.2, 0.25) is 0 Å². The average molecular weight is 365 g/mol. The van der Waals surface area contributed by atoms with Gasteiger partial charge in [0.05, 0.1) is 5.92 Å². The van der Waals surface area contributed by atoms with E-state index < -0.39 is 5.92 Å². The smallest absolute Gasteiger partial charge is 0.205 e. The third-order valence-electron chi connectivity index (χ3n) is 5.43. The van der Waals surface area contributed by atoms with Gasteiger partial charge in [0.15, 0.2) is 5.78 Å². The number of nitrogens with zero attached hydrogens (tertiary/aromatic N) is 2. The van der Waals surface area contributed by atoms with Gasteiger partial charge in [-0.1, -0.05) is 26.0 Å². The number of benzene rings is 1. The number of allylic oxidation sites excluding steroid dienone is 3. The molecule has 142 valence electrons. The number of hydrogen-bond acceptors (Lipinski definition) is 5. The van der Waals surface area contributed by atoms with Gasteiger partial charge in [-0.2, -0.15) is 5.26 Å². The van der Waals surface area contributed by atoms with Crippen LogP contribution in [0.4, 0.5) is 5.69 Å². The van der Waals surface area contributed by atoms with Crippen LogP contribution in [0.15, 0.2) is 47.1 Å². The highest BCUT2D eigenvalue weighted by Gasteiger charge is 2.42. The van der Waals surface area contributed by atoms with Gasteiger partial charge in [0, 0.05) is 37.2 Å². The third-order valence-corrected chi connectivity index (χ3v) is 5.43. The number of ether oxygens (including phenoxy) is 1. The van der Waals surface area contributed by atoms with Gasteiger partial charge in [-0.05, 0) is 37.0 Å². The van der Waals surface area contributed by atoms with Crippen LogP contribution in [0.5, 0.6) is 0 Å². The number of Topliss-reactive ketones (excluding diaryl/α,β-unsaturated/α-hetero) is 1. The van der Waals surface area contributed by atoms with Crippen LogP contribution in [-0.4, -0.2) is 18.9 Å². The maximum atomic E-state index is 12.9. The summed E-state index contributed by atoms with van der Waals surface area (Å²) in [5.41, 5.74) is 8.82. The summed E-state index contributed by atoms with van der Waals surface area (Å²) in [5, 5.41) is 9.68. The first kappa shape index (κ1) is 19.0. The first-order chi connectivity index (χ1) is 12.8. The van der Waals surface area contributed by atoms with E-state index in [9.17, 15) is 10.1 Å². The van der Waals surface area contributed by atoms with Crippen LogP contribution in [-0.2, 0) is 9.53 Å². The lowest BCUT2D eigenvalue weighted by Gasteiger charge is -2.37. The molecule has 0 fully saturated rings. The molecule has 5 nitrogen and oxygen atoms in total. The summed E-state index contributed by atoms with van der Waals surface area (Å²) in [6, 6.07) is 10.2. The largest absolute Gasteiger partial charge is 0.444 e. The average Bonchev–Trinajstić information content (AvgIpc) is 2.61. The minimum Gasteiger partial charge on any atom is -0.444 e. The van der Waals surface area contributed by atoms with Crippen molar-refractivity contribution in [1.29, 1.82) is 5.26 Å². The zero-order valence-corrected chi connectivity index (χ0v) is 16.5. The number of anilines is 1. The molecule has 27 heavy (non-hydrogen) atoms. The molecule has 1 heterocycles. The van der Waals surface area contributed by atoms with Gasteiger partial charge >= 0.3 is 0 Å². The van der Waals surface area contributed by atoms with Crippen molar-refractivity contribution in [3.8, 4) is 6.07 Å². The Hall–Kier alpha value is -2.74. The van der Waals surface area contributed by atoms with Gasteiger partial charge in [-0.25, -0.2) is 0 Å². The van der Waals surface area contributed by atoms with Crippen molar-refractivity contribution in [3.63, 3.8) is 0 Å². The third kappa shape index (κ3) is 3.44. The summed E-state index contributed by atoms with van der Waals surface area (Å²) < 4.78 is 5.73. The Balaban J connectivity index is 2.07. The molecular formula is C22H27N3O2. The number of rotatable bonds is 4. The second-order valence-corrected chi connectivity index (χ2v) is 7.97. The first-order valence-electron chi connectivity index (χ1n) is 9.50. The SMILES string of the molecule is CCN(CC)c1ccc([C@H]2C(C#N)=C(N)OC3=C2C(=O)CC(C)(C)C3)cc1. The summed E-state index contributed by atoms with van der Waals surface area (Å²) in [4.78, 5) is 15.2. The highest BCUT2D eigenvalue weighted by atomic mass is 16.5. The molecule has 1 aliphatic heterocycles. The van der Waals surface area contributed by atoms with Gasteiger partial charge < -0.3 is 15.4 Å². The van der Waals surface area contributed by atoms with E-state index in [0.717, 1.165) is 24.3 Å². The fourth-order valence-electron chi connectivity index (χ4n) is 4.08. The van der Waals surface area contributed by atoms with Crippen molar-refractivity contribution < 1.29 is 9.53 Å². The Morgan fingerprint density at radius 3 is 2.41 bits per heavy atom. The molecule has 1 aromatic carbocycles. The van der Waals surface area contributed by atoms with Gasteiger partial charge in [-0.3, -0.25) is 4.79 Å². The monoisotopic (exact) mass is 365 g/mol. The van der Waals surface area contributed by atoms with Crippen molar-refractivity contribution in [2.45, 2.75) is 46.5 Å². The maximum absolute atomic E-state index is 12.9. The standard InChI is InChI=1S/C22H27N3O2/c1-5-25(6-2)15-9-7-14(8-10-15)19-16(13-23)21(24)27-18-12-22(3,4)11-17(26)20(18)19/h7-10,19H,5-6,11-12,24H2,1-4H3/t19-/m0/s1. The summed E-state index contributed by atoms with van der Waals surface area (Å²) in [6.45, 7) is 10.2. The van der Waals surface area contributed by atoms with E-state index in [2.05, 4.69) is 24.8 Å². The Morgan fingerprint density at radius 1 is 1.22 bits per heavy atom. The van der Waals surface area contributed by atoms with Crippen molar-refractivity contribution >= 4 is 11.5 Å². The number of ketones is 1. The molecule has 2 aliphatic rings.